The first kappa shape index (κ1) is 21.9. The number of nitrogens with one attached hydrogen (secondary N) is 2. The molecule has 5 heterocycles. The molecule has 5 aromatic heterocycles. The minimum absolute atomic E-state index is 0.240. The Hall–Kier alpha value is -4.64. The third-order valence-corrected chi connectivity index (χ3v) is 6.61. The van der Waals surface area contributed by atoms with Crippen molar-refractivity contribution in [3.63, 3.8) is 0 Å². The second kappa shape index (κ2) is 8.86. The van der Waals surface area contributed by atoms with Gasteiger partial charge in [0.2, 0.25) is 5.89 Å². The van der Waals surface area contributed by atoms with Crippen LogP contribution < -0.4 is 10.6 Å². The Bertz CT molecular complexity index is 1720. The number of aryl methyl sites for hydroxylation is 1. The number of oxazole rings is 1. The maximum Gasteiger partial charge on any atom is 0.271 e. The molecule has 10 nitrogen and oxygen atoms in total. The zero-order valence-corrected chi connectivity index (χ0v) is 20.2. The second-order valence-electron chi connectivity index (χ2n) is 8.10. The van der Waals surface area contributed by atoms with E-state index in [0.29, 0.717) is 35.2 Å². The number of pyridine rings is 2. The molecule has 0 aliphatic heterocycles. The lowest BCUT2D eigenvalue weighted by atomic mass is 10.1. The Morgan fingerprint density at radius 1 is 1.11 bits per heavy atom. The highest BCUT2D eigenvalue weighted by molar-refractivity contribution is 7.13. The first-order chi connectivity index (χ1) is 17.6. The standard InChI is InChI=1S/C25H20N8O2S/c1-26-21-18-20(33(2)13-29-18)19-24(32-21)35-23(31-19)15-6-3-5-14(9-15)10-28-22(34)17-12-36-25(30-17)16-7-4-8-27-11-16/h3-9,11-13H,10H2,1-2H3,(H,26,32)(H,28,34). The number of hydrogen-bond donors (Lipinski definition) is 2. The molecule has 2 N–H and O–H groups in total. The number of amides is 1. The highest BCUT2D eigenvalue weighted by Gasteiger charge is 2.19. The van der Waals surface area contributed by atoms with Crippen LogP contribution in [0, 0.1) is 0 Å². The van der Waals surface area contributed by atoms with Crippen LogP contribution in [0.5, 0.6) is 0 Å². The van der Waals surface area contributed by atoms with E-state index in [-0.39, 0.29) is 5.91 Å². The van der Waals surface area contributed by atoms with Crippen molar-refractivity contribution in [3.8, 4) is 22.0 Å². The number of thiazole rings is 1. The van der Waals surface area contributed by atoms with Crippen LogP contribution in [0.4, 0.5) is 5.82 Å². The normalized spacial score (nSPS) is 11.3. The largest absolute Gasteiger partial charge is 0.418 e. The van der Waals surface area contributed by atoms with Gasteiger partial charge in [0.05, 0.1) is 6.33 Å². The summed E-state index contributed by atoms with van der Waals surface area (Å²) in [6.07, 6.45) is 5.16. The van der Waals surface area contributed by atoms with Gasteiger partial charge in [0.1, 0.15) is 21.7 Å². The van der Waals surface area contributed by atoms with Gasteiger partial charge in [0, 0.05) is 49.5 Å². The minimum Gasteiger partial charge on any atom is -0.418 e. The van der Waals surface area contributed by atoms with Gasteiger partial charge in [-0.25, -0.2) is 15.0 Å². The van der Waals surface area contributed by atoms with Crippen molar-refractivity contribution in [2.45, 2.75) is 6.54 Å². The molecular formula is C25H20N8O2S. The number of nitrogens with zero attached hydrogens (tertiary/aromatic N) is 6. The van der Waals surface area contributed by atoms with Crippen molar-refractivity contribution in [3.05, 3.63) is 71.8 Å². The number of anilines is 1. The van der Waals surface area contributed by atoms with E-state index >= 15 is 0 Å². The van der Waals surface area contributed by atoms with Gasteiger partial charge in [0.15, 0.2) is 11.3 Å². The maximum absolute atomic E-state index is 12.7. The Balaban J connectivity index is 1.23. The van der Waals surface area contributed by atoms with Crippen LogP contribution in [0.2, 0.25) is 0 Å². The molecule has 0 spiro atoms. The van der Waals surface area contributed by atoms with Gasteiger partial charge < -0.3 is 19.6 Å². The summed E-state index contributed by atoms with van der Waals surface area (Å²) in [5.41, 5.74) is 5.60. The molecule has 0 unspecified atom stereocenters. The molecule has 0 atom stereocenters. The summed E-state index contributed by atoms with van der Waals surface area (Å²) in [6, 6.07) is 11.4. The van der Waals surface area contributed by atoms with Crippen molar-refractivity contribution in [2.75, 3.05) is 12.4 Å². The lowest BCUT2D eigenvalue weighted by Crippen LogP contribution is -2.23. The lowest BCUT2D eigenvalue weighted by molar-refractivity contribution is 0.0946. The number of carbonyl (C=O) groups excluding carboxylic acids is 1. The fourth-order valence-electron chi connectivity index (χ4n) is 3.96. The van der Waals surface area contributed by atoms with Gasteiger partial charge in [-0.05, 0) is 29.8 Å². The number of hydrogen-bond acceptors (Lipinski definition) is 9. The Kier molecular flexibility index (Phi) is 5.38. The van der Waals surface area contributed by atoms with E-state index in [1.165, 1.54) is 11.3 Å². The first-order valence-electron chi connectivity index (χ1n) is 11.1. The van der Waals surface area contributed by atoms with Crippen LogP contribution >= 0.6 is 11.3 Å². The van der Waals surface area contributed by atoms with Crippen LogP contribution in [0.15, 0.2) is 64.9 Å². The van der Waals surface area contributed by atoms with Crippen molar-refractivity contribution < 1.29 is 9.21 Å². The summed E-state index contributed by atoms with van der Waals surface area (Å²) < 4.78 is 7.92. The zero-order chi connectivity index (χ0) is 24.6. The van der Waals surface area contributed by atoms with E-state index in [4.69, 9.17) is 9.40 Å². The lowest BCUT2D eigenvalue weighted by Gasteiger charge is -2.05. The molecule has 0 saturated heterocycles. The van der Waals surface area contributed by atoms with Gasteiger partial charge in [-0.3, -0.25) is 9.78 Å². The molecule has 1 amide bonds. The minimum atomic E-state index is -0.240. The summed E-state index contributed by atoms with van der Waals surface area (Å²) in [5, 5.41) is 8.50. The summed E-state index contributed by atoms with van der Waals surface area (Å²) in [6.45, 7) is 0.334. The molecule has 0 radical (unpaired) electrons. The number of carbonyl (C=O) groups is 1. The molecule has 36 heavy (non-hydrogen) atoms. The highest BCUT2D eigenvalue weighted by atomic mass is 32.1. The van der Waals surface area contributed by atoms with Crippen molar-refractivity contribution >= 4 is 45.3 Å². The number of rotatable bonds is 6. The zero-order valence-electron chi connectivity index (χ0n) is 19.4. The van der Waals surface area contributed by atoms with Gasteiger partial charge in [-0.1, -0.05) is 12.1 Å². The maximum atomic E-state index is 12.7. The predicted octanol–water partition coefficient (Wildman–Crippen LogP) is 4.27. The first-order valence-corrected chi connectivity index (χ1v) is 12.0. The molecule has 6 rings (SSSR count). The van der Waals surface area contributed by atoms with E-state index in [2.05, 4.69) is 30.6 Å². The number of benzene rings is 1. The predicted molar refractivity (Wildman–Crippen MR) is 138 cm³/mol. The molecular weight excluding hydrogens is 476 g/mol. The molecule has 11 heteroatoms. The second-order valence-corrected chi connectivity index (χ2v) is 8.96. The number of aromatic nitrogens is 6. The molecule has 6 aromatic rings. The van der Waals surface area contributed by atoms with Gasteiger partial charge >= 0.3 is 0 Å². The average molecular weight is 497 g/mol. The number of imidazole rings is 1. The molecule has 0 aliphatic rings. The molecule has 0 bridgehead atoms. The molecule has 1 aromatic carbocycles. The van der Waals surface area contributed by atoms with Crippen LogP contribution in [-0.2, 0) is 13.6 Å². The van der Waals surface area contributed by atoms with Crippen molar-refractivity contribution in [1.82, 2.24) is 34.8 Å². The van der Waals surface area contributed by atoms with Crippen molar-refractivity contribution in [2.24, 2.45) is 7.05 Å². The monoisotopic (exact) mass is 496 g/mol. The quantitative estimate of drug-likeness (QED) is 0.350. The molecule has 0 aliphatic carbocycles. The van der Waals surface area contributed by atoms with E-state index in [0.717, 1.165) is 32.7 Å². The van der Waals surface area contributed by atoms with Gasteiger partial charge in [-0.15, -0.1) is 11.3 Å². The third kappa shape index (κ3) is 3.85. The third-order valence-electron chi connectivity index (χ3n) is 5.72. The SMILES string of the molecule is CNc1nc2oc(-c3cccc(CNC(=O)c4csc(-c5cccnc5)n4)c3)nc2c2c1ncn2C. The Morgan fingerprint density at radius 2 is 2.00 bits per heavy atom. The van der Waals surface area contributed by atoms with E-state index < -0.39 is 0 Å². The smallest absolute Gasteiger partial charge is 0.271 e. The van der Waals surface area contributed by atoms with Crippen LogP contribution in [0.1, 0.15) is 16.1 Å². The molecule has 0 fully saturated rings. The topological polar surface area (TPSA) is 124 Å². The number of fused-ring (bicyclic) bond motifs is 3. The van der Waals surface area contributed by atoms with Crippen LogP contribution in [-0.4, -0.2) is 42.4 Å². The summed E-state index contributed by atoms with van der Waals surface area (Å²) in [5.74, 6) is 0.837. The summed E-state index contributed by atoms with van der Waals surface area (Å²) in [4.78, 5) is 34.9. The summed E-state index contributed by atoms with van der Waals surface area (Å²) >= 11 is 1.41. The van der Waals surface area contributed by atoms with Crippen molar-refractivity contribution in [1.29, 1.82) is 0 Å². The molecule has 178 valence electrons. The van der Waals surface area contributed by atoms with Crippen LogP contribution in [0.25, 0.3) is 44.3 Å². The van der Waals surface area contributed by atoms with E-state index in [1.54, 1.807) is 31.1 Å². The Labute approximate surface area is 209 Å². The molecule has 0 saturated carbocycles. The van der Waals surface area contributed by atoms with Gasteiger partial charge in [-0.2, -0.15) is 4.98 Å². The van der Waals surface area contributed by atoms with E-state index in [9.17, 15) is 4.79 Å². The van der Waals surface area contributed by atoms with Crippen LogP contribution in [0.3, 0.4) is 0 Å². The Morgan fingerprint density at radius 3 is 2.83 bits per heavy atom. The fraction of sp³-hybridized carbons (Fsp3) is 0.120. The summed E-state index contributed by atoms with van der Waals surface area (Å²) in [7, 11) is 3.70. The van der Waals surface area contributed by atoms with E-state index in [1.807, 2.05) is 48.0 Å². The average Bonchev–Trinajstić information content (AvgIpc) is 3.66. The highest BCUT2D eigenvalue weighted by Crippen LogP contribution is 2.31. The fourth-order valence-corrected chi connectivity index (χ4v) is 4.76. The van der Waals surface area contributed by atoms with Gasteiger partial charge in [0.25, 0.3) is 11.6 Å².